The fourth-order valence-electron chi connectivity index (χ4n) is 0.671. The molecule has 0 spiro atoms. The number of aromatic nitrogens is 1. The highest BCUT2D eigenvalue weighted by Crippen LogP contribution is 2.26. The van der Waals surface area contributed by atoms with E-state index in [0.717, 1.165) is 6.07 Å². The molecule has 0 amide bonds. The van der Waals surface area contributed by atoms with E-state index in [2.05, 4.69) is 15.9 Å². The Balaban J connectivity index is 3.33. The van der Waals surface area contributed by atoms with E-state index in [1.54, 1.807) is 0 Å². The van der Waals surface area contributed by atoms with Crippen LogP contribution in [-0.2, 0) is 0 Å². The summed E-state index contributed by atoms with van der Waals surface area (Å²) in [7, 11) is 0. The van der Waals surface area contributed by atoms with Crippen LogP contribution in [0, 0.1) is 0 Å². The molecule has 0 aliphatic carbocycles. The lowest BCUT2D eigenvalue weighted by molar-refractivity contribution is 0.149. The van der Waals surface area contributed by atoms with Crippen molar-refractivity contribution in [3.63, 3.8) is 0 Å². The van der Waals surface area contributed by atoms with Gasteiger partial charge in [-0.15, -0.1) is 0 Å². The molecular formula is C6H4BrF2NO2. The second-order valence-corrected chi connectivity index (χ2v) is 2.85. The molecule has 66 valence electrons. The van der Waals surface area contributed by atoms with E-state index in [-0.39, 0.29) is 4.60 Å². The summed E-state index contributed by atoms with van der Waals surface area (Å²) in [6.07, 6.45) is -2.73. The topological polar surface area (TPSA) is 53.1 Å². The molecule has 0 aliphatic rings. The largest absolute Gasteiger partial charge is 0.503 e. The van der Waals surface area contributed by atoms with Gasteiger partial charge in [0.15, 0.2) is 5.75 Å². The molecule has 1 heterocycles. The van der Waals surface area contributed by atoms with Crippen molar-refractivity contribution in [2.75, 3.05) is 0 Å². The molecule has 0 saturated carbocycles. The molecule has 0 saturated heterocycles. The van der Waals surface area contributed by atoms with E-state index in [9.17, 15) is 13.6 Å². The van der Waals surface area contributed by atoms with Gasteiger partial charge in [-0.1, -0.05) is 0 Å². The summed E-state index contributed by atoms with van der Waals surface area (Å²) in [6, 6.07) is 0.730. The number of hydrogen-bond acceptors (Lipinski definition) is 2. The first kappa shape index (κ1) is 9.18. The maximum absolute atomic E-state index is 12.1. The van der Waals surface area contributed by atoms with Crippen LogP contribution in [0.4, 0.5) is 8.78 Å². The SMILES string of the molecule is O=c1[nH]c(Br)c(C(F)F)cc1O. The van der Waals surface area contributed by atoms with E-state index in [4.69, 9.17) is 5.11 Å². The van der Waals surface area contributed by atoms with Crippen LogP contribution in [0.5, 0.6) is 5.75 Å². The predicted molar refractivity (Wildman–Crippen MR) is 41.4 cm³/mol. The average Bonchev–Trinajstić information content (AvgIpc) is 1.96. The Morgan fingerprint density at radius 2 is 2.17 bits per heavy atom. The normalized spacial score (nSPS) is 10.7. The third kappa shape index (κ3) is 1.63. The van der Waals surface area contributed by atoms with Gasteiger partial charge >= 0.3 is 0 Å². The fraction of sp³-hybridized carbons (Fsp3) is 0.167. The van der Waals surface area contributed by atoms with Crippen molar-refractivity contribution in [1.82, 2.24) is 4.98 Å². The highest BCUT2D eigenvalue weighted by molar-refractivity contribution is 9.10. The van der Waals surface area contributed by atoms with Crippen molar-refractivity contribution >= 4 is 15.9 Å². The number of nitrogens with one attached hydrogen (secondary N) is 1. The van der Waals surface area contributed by atoms with Gasteiger partial charge in [-0.25, -0.2) is 8.78 Å². The molecule has 3 nitrogen and oxygen atoms in total. The van der Waals surface area contributed by atoms with Crippen molar-refractivity contribution < 1.29 is 13.9 Å². The van der Waals surface area contributed by atoms with Crippen LogP contribution in [0.3, 0.4) is 0 Å². The third-order valence-corrected chi connectivity index (χ3v) is 1.89. The molecular weight excluding hydrogens is 236 g/mol. The van der Waals surface area contributed by atoms with Crippen LogP contribution in [0.2, 0.25) is 0 Å². The van der Waals surface area contributed by atoms with Crippen LogP contribution in [0.1, 0.15) is 12.0 Å². The van der Waals surface area contributed by atoms with Gasteiger partial charge in [-0.05, 0) is 22.0 Å². The van der Waals surface area contributed by atoms with Crippen molar-refractivity contribution in [3.8, 4) is 5.75 Å². The van der Waals surface area contributed by atoms with Crippen LogP contribution < -0.4 is 5.56 Å². The molecule has 0 fully saturated rings. The first-order valence-electron chi connectivity index (χ1n) is 2.92. The first-order valence-corrected chi connectivity index (χ1v) is 3.71. The molecule has 0 atom stereocenters. The van der Waals surface area contributed by atoms with E-state index in [1.165, 1.54) is 0 Å². The second-order valence-electron chi connectivity index (χ2n) is 2.05. The number of hydrogen-bond donors (Lipinski definition) is 2. The summed E-state index contributed by atoms with van der Waals surface area (Å²) in [5.41, 5.74) is -1.24. The minimum atomic E-state index is -2.73. The molecule has 1 rings (SSSR count). The monoisotopic (exact) mass is 239 g/mol. The highest BCUT2D eigenvalue weighted by Gasteiger charge is 2.14. The van der Waals surface area contributed by atoms with Crippen LogP contribution in [-0.4, -0.2) is 10.1 Å². The number of rotatable bonds is 1. The molecule has 0 bridgehead atoms. The number of pyridine rings is 1. The Kier molecular flexibility index (Phi) is 2.46. The number of aromatic amines is 1. The van der Waals surface area contributed by atoms with Gasteiger partial charge in [-0.3, -0.25) is 4.79 Å². The molecule has 2 N–H and O–H groups in total. The fourth-order valence-corrected chi connectivity index (χ4v) is 1.14. The smallest absolute Gasteiger partial charge is 0.290 e. The summed E-state index contributed by atoms with van der Waals surface area (Å²) in [5.74, 6) is -0.714. The summed E-state index contributed by atoms with van der Waals surface area (Å²) < 4.78 is 24.0. The summed E-state index contributed by atoms with van der Waals surface area (Å²) >= 11 is 2.74. The Morgan fingerprint density at radius 1 is 1.58 bits per heavy atom. The van der Waals surface area contributed by atoms with E-state index < -0.39 is 23.3 Å². The quantitative estimate of drug-likeness (QED) is 0.735. The lowest BCUT2D eigenvalue weighted by Gasteiger charge is -2.01. The standard InChI is InChI=1S/C6H4BrF2NO2/c7-4-2(5(8)9)1-3(11)6(12)10-4/h1,5,11H,(H,10,12). The lowest BCUT2D eigenvalue weighted by Crippen LogP contribution is -2.07. The van der Waals surface area contributed by atoms with Crippen molar-refractivity contribution in [2.24, 2.45) is 0 Å². The Bertz CT molecular complexity index is 350. The van der Waals surface area contributed by atoms with E-state index >= 15 is 0 Å². The molecule has 0 unspecified atom stereocenters. The zero-order valence-corrected chi connectivity index (χ0v) is 7.23. The van der Waals surface area contributed by atoms with Gasteiger partial charge < -0.3 is 10.1 Å². The first-order chi connectivity index (χ1) is 5.52. The zero-order chi connectivity index (χ0) is 9.30. The minimum Gasteiger partial charge on any atom is -0.503 e. The number of halogens is 3. The maximum atomic E-state index is 12.1. The maximum Gasteiger partial charge on any atom is 0.290 e. The number of H-pyrrole nitrogens is 1. The molecule has 0 aliphatic heterocycles. The molecule has 1 aromatic rings. The molecule has 0 radical (unpaired) electrons. The number of alkyl halides is 2. The third-order valence-electron chi connectivity index (χ3n) is 1.24. The summed E-state index contributed by atoms with van der Waals surface area (Å²) in [6.45, 7) is 0. The predicted octanol–water partition coefficient (Wildman–Crippen LogP) is 1.78. The summed E-state index contributed by atoms with van der Waals surface area (Å²) in [5, 5.41) is 8.78. The second kappa shape index (κ2) is 3.22. The lowest BCUT2D eigenvalue weighted by atomic mass is 10.3. The van der Waals surface area contributed by atoms with Gasteiger partial charge in [0.05, 0.1) is 10.2 Å². The van der Waals surface area contributed by atoms with Crippen molar-refractivity contribution in [3.05, 3.63) is 26.6 Å². The van der Waals surface area contributed by atoms with E-state index in [0.29, 0.717) is 0 Å². The number of aromatic hydroxyl groups is 1. The Hall–Kier alpha value is -0.910. The van der Waals surface area contributed by atoms with Crippen molar-refractivity contribution in [1.29, 1.82) is 0 Å². The zero-order valence-electron chi connectivity index (χ0n) is 5.64. The molecule has 6 heteroatoms. The van der Waals surface area contributed by atoms with E-state index in [1.807, 2.05) is 4.98 Å². The summed E-state index contributed by atoms with van der Waals surface area (Å²) in [4.78, 5) is 12.7. The van der Waals surface area contributed by atoms with Gasteiger partial charge in [-0.2, -0.15) is 0 Å². The van der Waals surface area contributed by atoms with Crippen LogP contribution in [0.25, 0.3) is 0 Å². The van der Waals surface area contributed by atoms with Gasteiger partial charge in [0.1, 0.15) is 0 Å². The highest BCUT2D eigenvalue weighted by atomic mass is 79.9. The Labute approximate surface area is 74.2 Å². The molecule has 12 heavy (non-hydrogen) atoms. The minimum absolute atomic E-state index is 0.111. The van der Waals surface area contributed by atoms with Crippen molar-refractivity contribution in [2.45, 2.75) is 6.43 Å². The molecule has 0 aromatic carbocycles. The molecule has 1 aromatic heterocycles. The van der Waals surface area contributed by atoms with Gasteiger partial charge in [0, 0.05) is 0 Å². The van der Waals surface area contributed by atoms with Crippen LogP contribution in [0.15, 0.2) is 15.5 Å². The van der Waals surface area contributed by atoms with Crippen LogP contribution >= 0.6 is 15.9 Å². The van der Waals surface area contributed by atoms with Gasteiger partial charge in [0.2, 0.25) is 0 Å². The average molecular weight is 240 g/mol. The van der Waals surface area contributed by atoms with Gasteiger partial charge in [0.25, 0.3) is 12.0 Å². The Morgan fingerprint density at radius 3 is 2.67 bits per heavy atom.